The SMILES string of the molecule is Fc1ccccc1/C(=C1/C=[NH+]c2ccccc21)c1c[nH]c2ccccc12.[Cl-]. The number of benzene rings is 3. The second-order valence-electron chi connectivity index (χ2n) is 6.35. The van der Waals surface area contributed by atoms with Gasteiger partial charge in [0.15, 0.2) is 6.21 Å². The zero-order valence-corrected chi connectivity index (χ0v) is 15.1. The molecule has 3 aromatic carbocycles. The third kappa shape index (κ3) is 2.77. The van der Waals surface area contributed by atoms with E-state index in [2.05, 4.69) is 22.1 Å². The molecular formula is C23H16ClFN2. The number of nitrogens with one attached hydrogen (secondary N) is 2. The molecule has 0 bridgehead atoms. The van der Waals surface area contributed by atoms with Crippen LogP contribution < -0.4 is 17.4 Å². The van der Waals surface area contributed by atoms with Gasteiger partial charge in [-0.2, -0.15) is 0 Å². The van der Waals surface area contributed by atoms with Crippen molar-refractivity contribution in [3.63, 3.8) is 0 Å². The molecule has 5 rings (SSSR count). The molecule has 0 saturated heterocycles. The third-order valence-electron chi connectivity index (χ3n) is 4.86. The number of aromatic amines is 1. The zero-order valence-electron chi connectivity index (χ0n) is 14.3. The van der Waals surface area contributed by atoms with Gasteiger partial charge in [-0.25, -0.2) is 9.38 Å². The number of hydrogen-bond donors (Lipinski definition) is 2. The second kappa shape index (κ2) is 6.86. The van der Waals surface area contributed by atoms with E-state index in [9.17, 15) is 4.39 Å². The van der Waals surface area contributed by atoms with E-state index in [0.717, 1.165) is 38.9 Å². The number of aromatic nitrogens is 1. The van der Waals surface area contributed by atoms with Crippen LogP contribution in [0.1, 0.15) is 16.7 Å². The van der Waals surface area contributed by atoms with Gasteiger partial charge >= 0.3 is 0 Å². The van der Waals surface area contributed by atoms with E-state index in [1.807, 2.05) is 60.9 Å². The molecule has 1 aromatic heterocycles. The average molecular weight is 375 g/mol. The van der Waals surface area contributed by atoms with Gasteiger partial charge in [0.05, 0.1) is 11.1 Å². The monoisotopic (exact) mass is 374 g/mol. The molecule has 0 aliphatic carbocycles. The molecule has 0 amide bonds. The highest BCUT2D eigenvalue weighted by atomic mass is 35.5. The minimum atomic E-state index is -0.224. The summed E-state index contributed by atoms with van der Waals surface area (Å²) in [6.45, 7) is 0. The lowest BCUT2D eigenvalue weighted by Gasteiger charge is -2.11. The number of halogens is 2. The Morgan fingerprint density at radius 1 is 0.815 bits per heavy atom. The number of hydrogen-bond acceptors (Lipinski definition) is 0. The predicted octanol–water partition coefficient (Wildman–Crippen LogP) is 1.07. The molecule has 132 valence electrons. The first-order valence-corrected chi connectivity index (χ1v) is 8.58. The Balaban J connectivity index is 0.00000180. The van der Waals surface area contributed by atoms with E-state index in [4.69, 9.17) is 0 Å². The predicted molar refractivity (Wildman–Crippen MR) is 104 cm³/mol. The third-order valence-corrected chi connectivity index (χ3v) is 4.86. The maximum absolute atomic E-state index is 14.8. The Labute approximate surface area is 162 Å². The van der Waals surface area contributed by atoms with Crippen LogP contribution in [-0.2, 0) is 0 Å². The van der Waals surface area contributed by atoms with Crippen LogP contribution in [0.25, 0.3) is 22.0 Å². The smallest absolute Gasteiger partial charge is 0.211 e. The molecule has 0 fully saturated rings. The van der Waals surface area contributed by atoms with Crippen LogP contribution in [-0.4, -0.2) is 11.2 Å². The summed E-state index contributed by atoms with van der Waals surface area (Å²) in [5, 5.41) is 1.08. The molecule has 2 nitrogen and oxygen atoms in total. The van der Waals surface area contributed by atoms with Crippen LogP contribution in [0.4, 0.5) is 10.1 Å². The number of rotatable bonds is 2. The van der Waals surface area contributed by atoms with Gasteiger partial charge in [-0.05, 0) is 18.2 Å². The van der Waals surface area contributed by atoms with Gasteiger partial charge in [-0.15, -0.1) is 0 Å². The van der Waals surface area contributed by atoms with E-state index >= 15 is 0 Å². The molecule has 1 aliphatic rings. The summed E-state index contributed by atoms with van der Waals surface area (Å²) in [5.74, 6) is -0.224. The van der Waals surface area contributed by atoms with Gasteiger partial charge in [0.25, 0.3) is 0 Å². The van der Waals surface area contributed by atoms with Gasteiger partial charge in [0, 0.05) is 39.9 Å². The van der Waals surface area contributed by atoms with Crippen molar-refractivity contribution in [1.82, 2.24) is 4.98 Å². The Kier molecular flexibility index (Phi) is 4.38. The van der Waals surface area contributed by atoms with Crippen molar-refractivity contribution in [2.45, 2.75) is 0 Å². The van der Waals surface area contributed by atoms with Crippen molar-refractivity contribution in [3.05, 3.63) is 102 Å². The number of fused-ring (bicyclic) bond motifs is 2. The first-order valence-electron chi connectivity index (χ1n) is 8.58. The molecule has 2 heterocycles. The zero-order chi connectivity index (χ0) is 17.5. The average Bonchev–Trinajstić information content (AvgIpc) is 3.29. The molecule has 0 spiro atoms. The standard InChI is InChI=1S/C23H15FN2.ClH/c24-20-10-4-1-9-17(20)23(18-13-25-21-11-5-2-7-15(18)21)19-14-26-22-12-6-3-8-16(19)22;/h1-14,25H;1H/b23-19+;. The van der Waals surface area contributed by atoms with Crippen molar-refractivity contribution in [3.8, 4) is 0 Å². The number of allylic oxidation sites excluding steroid dienone is 1. The summed E-state index contributed by atoms with van der Waals surface area (Å²) < 4.78 is 14.8. The van der Waals surface area contributed by atoms with Crippen LogP contribution in [0, 0.1) is 5.82 Å². The molecule has 0 unspecified atom stereocenters. The maximum atomic E-state index is 14.8. The van der Waals surface area contributed by atoms with Gasteiger partial charge < -0.3 is 17.4 Å². The number of H-pyrrole nitrogens is 1. The van der Waals surface area contributed by atoms with Crippen molar-refractivity contribution in [2.75, 3.05) is 0 Å². The van der Waals surface area contributed by atoms with E-state index in [1.54, 1.807) is 6.07 Å². The molecule has 4 heteroatoms. The molecule has 0 saturated carbocycles. The highest BCUT2D eigenvalue weighted by molar-refractivity contribution is 6.24. The molecule has 0 radical (unpaired) electrons. The van der Waals surface area contributed by atoms with Gasteiger partial charge in [-0.3, -0.25) is 0 Å². The van der Waals surface area contributed by atoms with Crippen molar-refractivity contribution in [1.29, 1.82) is 0 Å². The van der Waals surface area contributed by atoms with Crippen LogP contribution in [0.15, 0.2) is 79.0 Å². The summed E-state index contributed by atoms with van der Waals surface area (Å²) in [4.78, 5) is 6.63. The molecule has 27 heavy (non-hydrogen) atoms. The van der Waals surface area contributed by atoms with E-state index in [0.29, 0.717) is 5.56 Å². The maximum Gasteiger partial charge on any atom is 0.211 e. The highest BCUT2D eigenvalue weighted by Gasteiger charge is 2.25. The minimum Gasteiger partial charge on any atom is -1.00 e. The molecule has 1 aliphatic heterocycles. The lowest BCUT2D eigenvalue weighted by Crippen LogP contribution is -3.00. The Morgan fingerprint density at radius 3 is 2.44 bits per heavy atom. The fourth-order valence-corrected chi connectivity index (χ4v) is 3.66. The van der Waals surface area contributed by atoms with Crippen LogP contribution >= 0.6 is 0 Å². The van der Waals surface area contributed by atoms with Gasteiger partial charge in [-0.1, -0.05) is 48.5 Å². The first kappa shape index (κ1) is 17.3. The lowest BCUT2D eigenvalue weighted by atomic mass is 9.90. The Bertz CT molecular complexity index is 1200. The Hall–Kier alpha value is -3.17. The van der Waals surface area contributed by atoms with Crippen molar-refractivity contribution < 1.29 is 21.8 Å². The summed E-state index contributed by atoms with van der Waals surface area (Å²) in [7, 11) is 0. The largest absolute Gasteiger partial charge is 1.00 e. The number of para-hydroxylation sites is 2. The summed E-state index contributed by atoms with van der Waals surface area (Å²) in [5.41, 5.74) is 6.63. The van der Waals surface area contributed by atoms with E-state index in [-0.39, 0.29) is 18.2 Å². The second-order valence-corrected chi connectivity index (χ2v) is 6.35. The molecule has 4 aromatic rings. The highest BCUT2D eigenvalue weighted by Crippen LogP contribution is 2.38. The normalized spacial score (nSPS) is 14.1. The minimum absolute atomic E-state index is 0. The van der Waals surface area contributed by atoms with Crippen LogP contribution in [0.3, 0.4) is 0 Å². The quantitative estimate of drug-likeness (QED) is 0.526. The lowest BCUT2D eigenvalue weighted by molar-refractivity contribution is -0.342. The molecule has 2 N–H and O–H groups in total. The van der Waals surface area contributed by atoms with Crippen molar-refractivity contribution in [2.24, 2.45) is 0 Å². The van der Waals surface area contributed by atoms with Gasteiger partial charge in [0.2, 0.25) is 5.69 Å². The molecule has 0 atom stereocenters. The van der Waals surface area contributed by atoms with Gasteiger partial charge in [0.1, 0.15) is 5.82 Å². The summed E-state index contributed by atoms with van der Waals surface area (Å²) in [6.07, 6.45) is 3.93. The fourth-order valence-electron chi connectivity index (χ4n) is 3.66. The van der Waals surface area contributed by atoms with E-state index < -0.39 is 0 Å². The fraction of sp³-hybridized carbons (Fsp3) is 0. The van der Waals surface area contributed by atoms with E-state index in [1.165, 1.54) is 6.07 Å². The van der Waals surface area contributed by atoms with Crippen LogP contribution in [0.2, 0.25) is 0 Å². The Morgan fingerprint density at radius 2 is 1.56 bits per heavy atom. The van der Waals surface area contributed by atoms with Crippen molar-refractivity contribution >= 4 is 34.0 Å². The van der Waals surface area contributed by atoms with Crippen LogP contribution in [0.5, 0.6) is 0 Å². The topological polar surface area (TPSA) is 29.8 Å². The first-order chi connectivity index (χ1) is 12.8. The summed E-state index contributed by atoms with van der Waals surface area (Å²) in [6, 6.07) is 23.2. The summed E-state index contributed by atoms with van der Waals surface area (Å²) >= 11 is 0. The molecular weight excluding hydrogens is 359 g/mol.